The molecule has 0 fully saturated rings. The molecule has 0 atom stereocenters. The highest BCUT2D eigenvalue weighted by atomic mass is 16.3. The second-order valence-corrected chi connectivity index (χ2v) is 2.29. The summed E-state index contributed by atoms with van der Waals surface area (Å²) in [6.45, 7) is 5.22. The predicted molar refractivity (Wildman–Crippen MR) is 51.0 cm³/mol. The van der Waals surface area contributed by atoms with E-state index in [2.05, 4.69) is 11.6 Å². The van der Waals surface area contributed by atoms with Gasteiger partial charge >= 0.3 is 0 Å². The molecule has 0 bridgehead atoms. The van der Waals surface area contributed by atoms with Crippen molar-refractivity contribution in [3.05, 3.63) is 23.5 Å². The summed E-state index contributed by atoms with van der Waals surface area (Å²) >= 11 is 0. The van der Waals surface area contributed by atoms with E-state index in [0.717, 1.165) is 0 Å². The van der Waals surface area contributed by atoms with Crippen LogP contribution in [0.4, 0.5) is 0 Å². The Bertz CT molecular complexity index is 254. The zero-order chi connectivity index (χ0) is 10.3. The van der Waals surface area contributed by atoms with Crippen LogP contribution in [0.25, 0.3) is 0 Å². The highest BCUT2D eigenvalue weighted by Crippen LogP contribution is 2.06. The molecule has 0 heterocycles. The number of aliphatic hydroxyl groups is 2. The molecule has 0 aliphatic carbocycles. The van der Waals surface area contributed by atoms with Crippen LogP contribution in [-0.4, -0.2) is 35.9 Å². The first-order valence-corrected chi connectivity index (χ1v) is 3.84. The van der Waals surface area contributed by atoms with E-state index >= 15 is 0 Å². The van der Waals surface area contributed by atoms with Crippen molar-refractivity contribution in [2.24, 2.45) is 4.99 Å². The summed E-state index contributed by atoms with van der Waals surface area (Å²) in [7, 11) is 0. The zero-order valence-corrected chi connectivity index (χ0v) is 7.53. The normalized spacial score (nSPS) is 12.8. The molecule has 0 aromatic carbocycles. The van der Waals surface area contributed by atoms with Gasteiger partial charge in [0.15, 0.2) is 6.29 Å². The van der Waals surface area contributed by atoms with Crippen molar-refractivity contribution in [2.75, 3.05) is 13.2 Å². The minimum absolute atomic E-state index is 0.0142. The molecule has 4 nitrogen and oxygen atoms in total. The van der Waals surface area contributed by atoms with Gasteiger partial charge in [0.25, 0.3) is 0 Å². The zero-order valence-electron chi connectivity index (χ0n) is 7.53. The van der Waals surface area contributed by atoms with E-state index in [1.807, 2.05) is 6.92 Å². The number of aliphatic imine (C=N–C) groups is 1. The average Bonchev–Trinajstić information content (AvgIpc) is 2.11. The minimum atomic E-state index is -0.360. The van der Waals surface area contributed by atoms with Gasteiger partial charge in [0.1, 0.15) is 5.76 Å². The molecule has 0 aliphatic heterocycles. The summed E-state index contributed by atoms with van der Waals surface area (Å²) in [6.07, 6.45) is 1.79. The van der Waals surface area contributed by atoms with Gasteiger partial charge in [-0.1, -0.05) is 6.58 Å². The lowest BCUT2D eigenvalue weighted by Crippen LogP contribution is -2.02. The molecule has 13 heavy (non-hydrogen) atoms. The Balaban J connectivity index is 4.93. The first-order chi connectivity index (χ1) is 6.17. The number of hydrogen-bond donors (Lipinski definition) is 2. The van der Waals surface area contributed by atoms with Crippen LogP contribution in [0.2, 0.25) is 0 Å². The van der Waals surface area contributed by atoms with Crippen LogP contribution < -0.4 is 0 Å². The maximum Gasteiger partial charge on any atom is 0.154 e. The molecule has 0 saturated heterocycles. The van der Waals surface area contributed by atoms with E-state index in [1.54, 1.807) is 0 Å². The van der Waals surface area contributed by atoms with E-state index < -0.39 is 0 Å². The number of aldehydes is 1. The Hall–Kier alpha value is -1.42. The molecule has 0 saturated carbocycles. The third-order valence-corrected chi connectivity index (χ3v) is 1.37. The van der Waals surface area contributed by atoms with E-state index in [-0.39, 0.29) is 23.5 Å². The van der Waals surface area contributed by atoms with Gasteiger partial charge < -0.3 is 10.2 Å². The van der Waals surface area contributed by atoms with E-state index in [4.69, 9.17) is 10.2 Å². The van der Waals surface area contributed by atoms with Crippen molar-refractivity contribution in [3.8, 4) is 0 Å². The van der Waals surface area contributed by atoms with Gasteiger partial charge in [-0.25, -0.2) is 0 Å². The summed E-state index contributed by atoms with van der Waals surface area (Å²) in [5, 5.41) is 17.8. The molecular weight excluding hydrogens is 170 g/mol. The summed E-state index contributed by atoms with van der Waals surface area (Å²) in [5.41, 5.74) is 0.254. The fourth-order valence-electron chi connectivity index (χ4n) is 0.726. The monoisotopic (exact) mass is 183 g/mol. The fourth-order valence-corrected chi connectivity index (χ4v) is 0.726. The topological polar surface area (TPSA) is 69.9 Å². The van der Waals surface area contributed by atoms with Crippen LogP contribution in [0.5, 0.6) is 0 Å². The van der Waals surface area contributed by atoms with E-state index in [9.17, 15) is 4.79 Å². The standard InChI is InChI=1S/C9H13NO3/c1-3-10-4-8(5-11)9(6-12)7(2)13/h4,6,11,13H,2-3,5H2,1H3/b9-8+,10-4-. The Morgan fingerprint density at radius 2 is 2.23 bits per heavy atom. The second-order valence-electron chi connectivity index (χ2n) is 2.29. The van der Waals surface area contributed by atoms with Gasteiger partial charge in [-0.3, -0.25) is 9.79 Å². The number of rotatable bonds is 5. The molecular formula is C9H13NO3. The van der Waals surface area contributed by atoms with E-state index in [0.29, 0.717) is 12.8 Å². The predicted octanol–water partition coefficient (Wildman–Crippen LogP) is 0.637. The highest BCUT2D eigenvalue weighted by Gasteiger charge is 2.05. The number of aliphatic hydroxyl groups excluding tert-OH is 2. The smallest absolute Gasteiger partial charge is 0.154 e. The quantitative estimate of drug-likeness (QED) is 0.216. The fraction of sp³-hybridized carbons (Fsp3) is 0.333. The van der Waals surface area contributed by atoms with Gasteiger partial charge in [-0.05, 0) is 6.92 Å². The lowest BCUT2D eigenvalue weighted by molar-refractivity contribution is -0.104. The highest BCUT2D eigenvalue weighted by molar-refractivity contribution is 5.92. The summed E-state index contributed by atoms with van der Waals surface area (Å²) in [6, 6.07) is 0. The maximum absolute atomic E-state index is 10.5. The van der Waals surface area contributed by atoms with Gasteiger partial charge in [0.05, 0.1) is 12.2 Å². The first-order valence-electron chi connectivity index (χ1n) is 3.84. The van der Waals surface area contributed by atoms with Crippen molar-refractivity contribution in [1.82, 2.24) is 0 Å². The second kappa shape index (κ2) is 6.14. The van der Waals surface area contributed by atoms with Gasteiger partial charge in [-0.2, -0.15) is 0 Å². The van der Waals surface area contributed by atoms with Crippen molar-refractivity contribution < 1.29 is 15.0 Å². The summed E-state index contributed by atoms with van der Waals surface area (Å²) < 4.78 is 0. The largest absolute Gasteiger partial charge is 0.508 e. The molecule has 0 aromatic heterocycles. The Labute approximate surface area is 76.9 Å². The molecule has 0 radical (unpaired) electrons. The van der Waals surface area contributed by atoms with Crippen LogP contribution in [0.15, 0.2) is 28.5 Å². The molecule has 0 aromatic rings. The van der Waals surface area contributed by atoms with Gasteiger partial charge in [0, 0.05) is 18.3 Å². The summed E-state index contributed by atoms with van der Waals surface area (Å²) in [5.74, 6) is -0.360. The molecule has 0 amide bonds. The molecule has 72 valence electrons. The molecule has 2 N–H and O–H groups in total. The Morgan fingerprint density at radius 1 is 1.62 bits per heavy atom. The SMILES string of the molecule is C=C(O)/C(C=O)=C(\C=N/CC)CO. The first kappa shape index (κ1) is 11.6. The Morgan fingerprint density at radius 3 is 2.54 bits per heavy atom. The number of carbonyl (C=O) groups excluding carboxylic acids is 1. The lowest BCUT2D eigenvalue weighted by Gasteiger charge is -2.01. The third-order valence-electron chi connectivity index (χ3n) is 1.37. The van der Waals surface area contributed by atoms with Crippen LogP contribution in [-0.2, 0) is 4.79 Å². The number of hydrogen-bond acceptors (Lipinski definition) is 4. The van der Waals surface area contributed by atoms with Crippen LogP contribution in [0.1, 0.15) is 6.92 Å². The number of carbonyl (C=O) groups is 1. The molecule has 0 spiro atoms. The van der Waals surface area contributed by atoms with Crippen molar-refractivity contribution >= 4 is 12.5 Å². The molecule has 0 unspecified atom stereocenters. The van der Waals surface area contributed by atoms with Crippen LogP contribution >= 0.6 is 0 Å². The van der Waals surface area contributed by atoms with E-state index in [1.165, 1.54) is 6.21 Å². The van der Waals surface area contributed by atoms with Crippen LogP contribution in [0.3, 0.4) is 0 Å². The van der Waals surface area contributed by atoms with Gasteiger partial charge in [-0.15, -0.1) is 0 Å². The van der Waals surface area contributed by atoms with Crippen LogP contribution in [0, 0.1) is 0 Å². The summed E-state index contributed by atoms with van der Waals surface area (Å²) in [4.78, 5) is 14.3. The van der Waals surface area contributed by atoms with Crippen molar-refractivity contribution in [3.63, 3.8) is 0 Å². The van der Waals surface area contributed by atoms with Gasteiger partial charge in [0.2, 0.25) is 0 Å². The van der Waals surface area contributed by atoms with Crippen molar-refractivity contribution in [1.29, 1.82) is 0 Å². The minimum Gasteiger partial charge on any atom is -0.508 e. The van der Waals surface area contributed by atoms with Crippen molar-refractivity contribution in [2.45, 2.75) is 6.92 Å². The molecule has 0 rings (SSSR count). The average molecular weight is 183 g/mol. The molecule has 4 heteroatoms. The molecule has 0 aliphatic rings. The Kier molecular flexibility index (Phi) is 5.47. The number of allylic oxidation sites excluding steroid dienone is 1. The maximum atomic E-state index is 10.5. The number of nitrogens with zero attached hydrogens (tertiary/aromatic N) is 1. The third kappa shape index (κ3) is 3.66. The lowest BCUT2D eigenvalue weighted by atomic mass is 10.1.